The smallest absolute Gasteiger partial charge is 0.293 e. The Morgan fingerprint density at radius 2 is 2.00 bits per heavy atom. The summed E-state index contributed by atoms with van der Waals surface area (Å²) in [7, 11) is 0. The third kappa shape index (κ3) is 3.84. The molecule has 0 aliphatic heterocycles. The zero-order valence-electron chi connectivity index (χ0n) is 16.1. The van der Waals surface area contributed by atoms with E-state index in [1.54, 1.807) is 17.6 Å². The van der Waals surface area contributed by atoms with Crippen molar-refractivity contribution in [2.45, 2.75) is 33.1 Å². The van der Waals surface area contributed by atoms with Gasteiger partial charge in [-0.15, -0.1) is 11.3 Å². The number of nitrogens with zero attached hydrogens (tertiary/aromatic N) is 2. The van der Waals surface area contributed by atoms with Crippen LogP contribution in [0, 0.1) is 13.8 Å². The number of fused-ring (bicyclic) bond motifs is 1. The van der Waals surface area contributed by atoms with Crippen molar-refractivity contribution < 1.29 is 14.0 Å². The number of aromatic nitrogens is 1. The van der Waals surface area contributed by atoms with E-state index in [9.17, 15) is 9.59 Å². The quantitative estimate of drug-likeness (QED) is 0.636. The van der Waals surface area contributed by atoms with Crippen LogP contribution in [-0.4, -0.2) is 22.5 Å². The number of hydrogen-bond donors (Lipinski definition) is 2. The summed E-state index contributed by atoms with van der Waals surface area (Å²) < 4.78 is 5.86. The normalized spacial score (nSPS) is 14.5. The predicted molar refractivity (Wildman–Crippen MR) is 112 cm³/mol. The molecule has 29 heavy (non-hydrogen) atoms. The van der Waals surface area contributed by atoms with E-state index in [0.29, 0.717) is 17.1 Å². The van der Waals surface area contributed by atoms with Gasteiger partial charge in [0.15, 0.2) is 10.9 Å². The number of nitrogens with one attached hydrogen (secondary N) is 2. The van der Waals surface area contributed by atoms with Crippen molar-refractivity contribution in [2.75, 3.05) is 5.32 Å². The molecule has 0 saturated carbocycles. The molecular formula is C21H20N4O3S. The van der Waals surface area contributed by atoms with E-state index >= 15 is 0 Å². The third-order valence-corrected chi connectivity index (χ3v) is 5.56. The Bertz CT molecular complexity index is 1100. The maximum absolute atomic E-state index is 12.6. The second-order valence-corrected chi connectivity index (χ2v) is 7.71. The van der Waals surface area contributed by atoms with Gasteiger partial charge in [0.1, 0.15) is 5.76 Å². The van der Waals surface area contributed by atoms with E-state index in [1.165, 1.54) is 11.3 Å². The van der Waals surface area contributed by atoms with Crippen molar-refractivity contribution in [1.29, 1.82) is 0 Å². The van der Waals surface area contributed by atoms with Crippen LogP contribution in [0.15, 0.2) is 45.4 Å². The molecule has 3 aromatic rings. The molecule has 0 unspecified atom stereocenters. The summed E-state index contributed by atoms with van der Waals surface area (Å²) >= 11 is 1.34. The Balaban J connectivity index is 1.58. The summed E-state index contributed by atoms with van der Waals surface area (Å²) in [5.41, 5.74) is 6.37. The van der Waals surface area contributed by atoms with Crippen molar-refractivity contribution in [3.63, 3.8) is 0 Å². The van der Waals surface area contributed by atoms with Crippen molar-refractivity contribution in [3.8, 4) is 0 Å². The molecule has 1 aliphatic rings. The number of hydrazone groups is 1. The summed E-state index contributed by atoms with van der Waals surface area (Å²) in [5.74, 6) is 0.382. The number of aryl methyl sites for hydroxylation is 2. The highest BCUT2D eigenvalue weighted by Gasteiger charge is 2.28. The van der Waals surface area contributed by atoms with E-state index in [1.807, 2.05) is 32.0 Å². The molecule has 1 aromatic carbocycles. The van der Waals surface area contributed by atoms with Crippen LogP contribution in [0.2, 0.25) is 0 Å². The van der Waals surface area contributed by atoms with Gasteiger partial charge in [-0.2, -0.15) is 5.10 Å². The molecule has 7 nitrogen and oxygen atoms in total. The lowest BCUT2D eigenvalue weighted by Gasteiger charge is -2.13. The standard InChI is InChI=1S/C21H20N4O3S/c1-12-6-3-4-7-14(12)19(26)25-24-15-8-5-9-16-17(15)13(2)18(28-16)20(27)23-21-22-10-11-29-21/h3-4,6-7,10-11H,5,8-9H2,1-2H3,(H,25,26)(H,22,23,27)/b24-15+. The van der Waals surface area contributed by atoms with Gasteiger partial charge in [-0.3, -0.25) is 14.9 Å². The Morgan fingerprint density at radius 1 is 1.17 bits per heavy atom. The predicted octanol–water partition coefficient (Wildman–Crippen LogP) is 4.08. The van der Waals surface area contributed by atoms with Crippen molar-refractivity contribution >= 4 is 34.0 Å². The molecule has 4 rings (SSSR count). The molecule has 0 spiro atoms. The van der Waals surface area contributed by atoms with Crippen molar-refractivity contribution in [2.24, 2.45) is 5.10 Å². The van der Waals surface area contributed by atoms with Crippen LogP contribution in [0.4, 0.5) is 5.13 Å². The molecule has 2 heterocycles. The number of rotatable bonds is 4. The molecular weight excluding hydrogens is 388 g/mol. The van der Waals surface area contributed by atoms with Crippen LogP contribution in [0.1, 0.15) is 56.2 Å². The van der Waals surface area contributed by atoms with E-state index in [-0.39, 0.29) is 17.6 Å². The van der Waals surface area contributed by atoms with Gasteiger partial charge in [0.25, 0.3) is 11.8 Å². The van der Waals surface area contributed by atoms with Gasteiger partial charge in [0, 0.05) is 34.7 Å². The van der Waals surface area contributed by atoms with E-state index in [2.05, 4.69) is 20.8 Å². The highest BCUT2D eigenvalue weighted by molar-refractivity contribution is 7.13. The molecule has 2 aromatic heterocycles. The number of thiazole rings is 1. The average Bonchev–Trinajstić information content (AvgIpc) is 3.34. The number of furan rings is 1. The Labute approximate surface area is 171 Å². The largest absolute Gasteiger partial charge is 0.455 e. The number of hydrogen-bond acceptors (Lipinski definition) is 6. The first kappa shape index (κ1) is 19.1. The topological polar surface area (TPSA) is 96.6 Å². The molecule has 8 heteroatoms. The fraction of sp³-hybridized carbons (Fsp3) is 0.238. The molecule has 0 saturated heterocycles. The fourth-order valence-corrected chi connectivity index (χ4v) is 3.97. The number of anilines is 1. The van der Waals surface area contributed by atoms with Gasteiger partial charge in [-0.05, 0) is 38.3 Å². The molecule has 0 bridgehead atoms. The molecule has 0 fully saturated rings. The van der Waals surface area contributed by atoms with Gasteiger partial charge in [-0.25, -0.2) is 10.4 Å². The van der Waals surface area contributed by atoms with Crippen molar-refractivity contribution in [3.05, 3.63) is 69.6 Å². The zero-order valence-corrected chi connectivity index (χ0v) is 16.9. The SMILES string of the molecule is Cc1ccccc1C(=O)N/N=C1\CCCc2oc(C(=O)Nc3nccs3)c(C)c21. The van der Waals surface area contributed by atoms with Crippen LogP contribution in [-0.2, 0) is 6.42 Å². The Morgan fingerprint density at radius 3 is 2.76 bits per heavy atom. The van der Waals surface area contributed by atoms with Crippen LogP contribution in [0.5, 0.6) is 0 Å². The second-order valence-electron chi connectivity index (χ2n) is 6.81. The lowest BCUT2D eigenvalue weighted by molar-refractivity contribution is 0.0953. The second kappa shape index (κ2) is 8.00. The number of carbonyl (C=O) groups excluding carboxylic acids is 2. The Kier molecular flexibility index (Phi) is 5.26. The fourth-order valence-electron chi connectivity index (χ4n) is 3.44. The highest BCUT2D eigenvalue weighted by Crippen LogP contribution is 2.30. The number of amides is 2. The molecule has 2 N–H and O–H groups in total. The van der Waals surface area contributed by atoms with E-state index < -0.39 is 0 Å². The maximum Gasteiger partial charge on any atom is 0.293 e. The first-order valence-electron chi connectivity index (χ1n) is 9.30. The first-order chi connectivity index (χ1) is 14.0. The van der Waals surface area contributed by atoms with Gasteiger partial charge in [-0.1, -0.05) is 18.2 Å². The number of carbonyl (C=O) groups is 2. The average molecular weight is 408 g/mol. The minimum atomic E-state index is -0.338. The van der Waals surface area contributed by atoms with Crippen LogP contribution in [0.25, 0.3) is 0 Å². The minimum Gasteiger partial charge on any atom is -0.455 e. The maximum atomic E-state index is 12.6. The molecule has 1 aliphatic carbocycles. The lowest BCUT2D eigenvalue weighted by atomic mass is 9.93. The zero-order chi connectivity index (χ0) is 20.4. The molecule has 148 valence electrons. The molecule has 0 atom stereocenters. The van der Waals surface area contributed by atoms with Gasteiger partial charge < -0.3 is 4.42 Å². The summed E-state index contributed by atoms with van der Waals surface area (Å²) in [5, 5.41) is 9.42. The summed E-state index contributed by atoms with van der Waals surface area (Å²) in [6.45, 7) is 3.72. The van der Waals surface area contributed by atoms with Crippen LogP contribution < -0.4 is 10.7 Å². The highest BCUT2D eigenvalue weighted by atomic mass is 32.1. The summed E-state index contributed by atoms with van der Waals surface area (Å²) in [4.78, 5) is 29.1. The van der Waals surface area contributed by atoms with E-state index in [4.69, 9.17) is 4.42 Å². The lowest BCUT2D eigenvalue weighted by Crippen LogP contribution is -2.22. The van der Waals surface area contributed by atoms with E-state index in [0.717, 1.165) is 41.0 Å². The summed E-state index contributed by atoms with van der Waals surface area (Å²) in [6.07, 6.45) is 3.90. The van der Waals surface area contributed by atoms with Gasteiger partial charge >= 0.3 is 0 Å². The molecule has 0 radical (unpaired) electrons. The third-order valence-electron chi connectivity index (χ3n) is 4.87. The number of benzene rings is 1. The van der Waals surface area contributed by atoms with Crippen LogP contribution in [0.3, 0.4) is 0 Å². The van der Waals surface area contributed by atoms with Gasteiger partial charge in [0.05, 0.1) is 5.71 Å². The van der Waals surface area contributed by atoms with Crippen molar-refractivity contribution in [1.82, 2.24) is 10.4 Å². The first-order valence-corrected chi connectivity index (χ1v) is 10.2. The van der Waals surface area contributed by atoms with Gasteiger partial charge in [0.2, 0.25) is 0 Å². The molecule has 2 amide bonds. The monoisotopic (exact) mass is 408 g/mol. The Hall–Kier alpha value is -3.26. The van der Waals surface area contributed by atoms with Crippen LogP contribution >= 0.6 is 11.3 Å². The minimum absolute atomic E-state index is 0.255. The summed E-state index contributed by atoms with van der Waals surface area (Å²) in [6, 6.07) is 7.36.